The van der Waals surface area contributed by atoms with Crippen LogP contribution in [0.4, 0.5) is 0 Å². The largest absolute Gasteiger partial charge is 0.872 e. The Hall–Kier alpha value is -3.36. The molecule has 0 amide bonds. The van der Waals surface area contributed by atoms with Gasteiger partial charge in [0, 0.05) is 19.6 Å². The van der Waals surface area contributed by atoms with Gasteiger partial charge in [0.25, 0.3) is 0 Å². The van der Waals surface area contributed by atoms with Crippen LogP contribution in [-0.4, -0.2) is 65.2 Å². The SMILES string of the molecule is O=C(O)c1cnn(-c2ccc(-c3ccccc3[O-])cc2)c1OCCN1CCOCC1. The molecule has 1 aromatic heterocycles. The molecule has 0 aliphatic carbocycles. The topological polar surface area (TPSA) is 99.9 Å². The number of aromatic nitrogens is 2. The quantitative estimate of drug-likeness (QED) is 0.638. The third-order valence-corrected chi connectivity index (χ3v) is 5.02. The molecule has 8 heteroatoms. The number of para-hydroxylation sites is 1. The number of carboxylic acids is 1. The molecule has 0 bridgehead atoms. The summed E-state index contributed by atoms with van der Waals surface area (Å²) in [7, 11) is 0. The van der Waals surface area contributed by atoms with Gasteiger partial charge in [-0.3, -0.25) is 4.90 Å². The highest BCUT2D eigenvalue weighted by molar-refractivity contribution is 5.90. The van der Waals surface area contributed by atoms with Crippen LogP contribution < -0.4 is 9.84 Å². The maximum atomic E-state index is 12.0. The molecule has 30 heavy (non-hydrogen) atoms. The van der Waals surface area contributed by atoms with Crippen LogP contribution in [0.1, 0.15) is 10.4 Å². The summed E-state index contributed by atoms with van der Waals surface area (Å²) in [5, 5.41) is 25.8. The number of hydrogen-bond donors (Lipinski definition) is 1. The molecule has 1 aliphatic rings. The number of carboxylic acid groups (broad SMARTS) is 1. The van der Waals surface area contributed by atoms with E-state index in [1.807, 2.05) is 18.2 Å². The van der Waals surface area contributed by atoms with Crippen LogP contribution in [0.2, 0.25) is 0 Å². The lowest BCUT2D eigenvalue weighted by molar-refractivity contribution is -0.267. The van der Waals surface area contributed by atoms with Crippen LogP contribution in [0.5, 0.6) is 11.6 Å². The fourth-order valence-electron chi connectivity index (χ4n) is 3.39. The van der Waals surface area contributed by atoms with Crippen LogP contribution in [0, 0.1) is 0 Å². The van der Waals surface area contributed by atoms with Crippen molar-refractivity contribution < 1.29 is 24.5 Å². The summed E-state index contributed by atoms with van der Waals surface area (Å²) < 4.78 is 12.7. The minimum Gasteiger partial charge on any atom is -0.872 e. The van der Waals surface area contributed by atoms with Crippen molar-refractivity contribution in [2.45, 2.75) is 0 Å². The van der Waals surface area contributed by atoms with E-state index in [2.05, 4.69) is 10.00 Å². The first-order chi connectivity index (χ1) is 14.6. The average molecular weight is 408 g/mol. The summed E-state index contributed by atoms with van der Waals surface area (Å²) in [6.45, 7) is 4.06. The van der Waals surface area contributed by atoms with Gasteiger partial charge >= 0.3 is 5.97 Å². The molecule has 0 saturated carbocycles. The second-order valence-electron chi connectivity index (χ2n) is 6.93. The van der Waals surface area contributed by atoms with E-state index in [0.717, 1.165) is 18.7 Å². The molecule has 1 aliphatic heterocycles. The lowest BCUT2D eigenvalue weighted by Crippen LogP contribution is -2.38. The van der Waals surface area contributed by atoms with E-state index in [1.165, 1.54) is 16.9 Å². The van der Waals surface area contributed by atoms with Gasteiger partial charge in [0.1, 0.15) is 12.2 Å². The van der Waals surface area contributed by atoms with Gasteiger partial charge in [-0.25, -0.2) is 9.48 Å². The standard InChI is InChI=1S/C22H23N3O5/c26-20-4-2-1-3-18(20)16-5-7-17(8-6-16)25-21(19(15-23-25)22(27)28)30-14-11-24-9-12-29-13-10-24/h1-8,15,26H,9-14H2,(H,27,28)/p-1. The summed E-state index contributed by atoms with van der Waals surface area (Å²) in [6, 6.07) is 14.0. The number of rotatable bonds is 7. The Kier molecular flexibility index (Phi) is 5.97. The molecule has 1 saturated heterocycles. The van der Waals surface area contributed by atoms with E-state index in [4.69, 9.17) is 9.47 Å². The molecule has 8 nitrogen and oxygen atoms in total. The lowest BCUT2D eigenvalue weighted by Gasteiger charge is -2.26. The Labute approximate surface area is 173 Å². The van der Waals surface area contributed by atoms with Crippen molar-refractivity contribution >= 4 is 5.97 Å². The highest BCUT2D eigenvalue weighted by Gasteiger charge is 2.20. The zero-order chi connectivity index (χ0) is 20.9. The molecule has 0 atom stereocenters. The zero-order valence-electron chi connectivity index (χ0n) is 16.4. The number of aromatic carboxylic acids is 1. The van der Waals surface area contributed by atoms with Crippen LogP contribution in [0.3, 0.4) is 0 Å². The third kappa shape index (κ3) is 4.29. The summed E-state index contributed by atoms with van der Waals surface area (Å²) in [5.74, 6) is -0.961. The van der Waals surface area contributed by atoms with Crippen LogP contribution in [0.25, 0.3) is 16.8 Å². The Morgan fingerprint density at radius 1 is 1.13 bits per heavy atom. The van der Waals surface area contributed by atoms with Gasteiger partial charge in [0.2, 0.25) is 5.88 Å². The number of nitrogens with zero attached hydrogens (tertiary/aromatic N) is 3. The van der Waals surface area contributed by atoms with E-state index in [-0.39, 0.29) is 17.2 Å². The number of morpholine rings is 1. The van der Waals surface area contributed by atoms with Crippen molar-refractivity contribution in [1.29, 1.82) is 0 Å². The molecule has 0 radical (unpaired) electrons. The Balaban J connectivity index is 1.54. The first kappa shape index (κ1) is 19.9. The number of carbonyl (C=O) groups is 1. The fraction of sp³-hybridized carbons (Fsp3) is 0.273. The summed E-state index contributed by atoms with van der Waals surface area (Å²) >= 11 is 0. The average Bonchev–Trinajstić information content (AvgIpc) is 3.19. The molecule has 0 spiro atoms. The minimum absolute atomic E-state index is 0.00552. The highest BCUT2D eigenvalue weighted by Crippen LogP contribution is 2.29. The Morgan fingerprint density at radius 3 is 2.57 bits per heavy atom. The predicted molar refractivity (Wildman–Crippen MR) is 108 cm³/mol. The van der Waals surface area contributed by atoms with Gasteiger partial charge in [-0.2, -0.15) is 5.10 Å². The lowest BCUT2D eigenvalue weighted by atomic mass is 10.0. The van der Waals surface area contributed by atoms with Crippen LogP contribution >= 0.6 is 0 Å². The molecule has 1 fully saturated rings. The number of hydrogen-bond acceptors (Lipinski definition) is 6. The first-order valence-corrected chi connectivity index (χ1v) is 9.74. The predicted octanol–water partition coefficient (Wildman–Crippen LogP) is 2.02. The van der Waals surface area contributed by atoms with Gasteiger partial charge < -0.3 is 19.7 Å². The van der Waals surface area contributed by atoms with Crippen molar-refractivity contribution in [2.24, 2.45) is 0 Å². The van der Waals surface area contributed by atoms with Crippen LogP contribution in [-0.2, 0) is 4.74 Å². The van der Waals surface area contributed by atoms with Crippen LogP contribution in [0.15, 0.2) is 54.7 Å². The van der Waals surface area contributed by atoms with Crippen molar-refractivity contribution in [1.82, 2.24) is 14.7 Å². The monoisotopic (exact) mass is 408 g/mol. The van der Waals surface area contributed by atoms with E-state index in [1.54, 1.807) is 24.3 Å². The molecule has 156 valence electrons. The maximum Gasteiger partial charge on any atom is 0.342 e. The Morgan fingerprint density at radius 2 is 1.87 bits per heavy atom. The van der Waals surface area contributed by atoms with Gasteiger partial charge in [-0.15, -0.1) is 5.75 Å². The first-order valence-electron chi connectivity index (χ1n) is 9.74. The maximum absolute atomic E-state index is 12.0. The fourth-order valence-corrected chi connectivity index (χ4v) is 3.39. The molecule has 0 unspecified atom stereocenters. The van der Waals surface area contributed by atoms with Gasteiger partial charge in [-0.1, -0.05) is 36.4 Å². The van der Waals surface area contributed by atoms with Crippen molar-refractivity contribution in [3.63, 3.8) is 0 Å². The summed E-state index contributed by atoms with van der Waals surface area (Å²) in [6.07, 6.45) is 1.28. The number of benzene rings is 2. The molecule has 2 heterocycles. The number of ether oxygens (including phenoxy) is 2. The van der Waals surface area contributed by atoms with E-state index >= 15 is 0 Å². The third-order valence-electron chi connectivity index (χ3n) is 5.02. The highest BCUT2D eigenvalue weighted by atomic mass is 16.5. The van der Waals surface area contributed by atoms with Gasteiger partial charge in [0.15, 0.2) is 0 Å². The van der Waals surface area contributed by atoms with E-state index in [0.29, 0.717) is 37.6 Å². The van der Waals surface area contributed by atoms with Crippen molar-refractivity contribution in [3.8, 4) is 28.4 Å². The van der Waals surface area contributed by atoms with Crippen molar-refractivity contribution in [2.75, 3.05) is 39.5 Å². The van der Waals surface area contributed by atoms with E-state index in [9.17, 15) is 15.0 Å². The summed E-state index contributed by atoms with van der Waals surface area (Å²) in [5.41, 5.74) is 2.05. The van der Waals surface area contributed by atoms with Gasteiger partial charge in [0.05, 0.1) is 25.1 Å². The second kappa shape index (κ2) is 8.98. The molecular weight excluding hydrogens is 386 g/mol. The van der Waals surface area contributed by atoms with E-state index < -0.39 is 5.97 Å². The summed E-state index contributed by atoms with van der Waals surface area (Å²) in [4.78, 5) is 13.8. The molecule has 3 aromatic rings. The van der Waals surface area contributed by atoms with Crippen molar-refractivity contribution in [3.05, 3.63) is 60.3 Å². The normalized spacial score (nSPS) is 14.5. The molecule has 1 N–H and O–H groups in total. The molecular formula is C22H22N3O5-. The Bertz CT molecular complexity index is 1010. The van der Waals surface area contributed by atoms with Gasteiger partial charge in [-0.05, 0) is 23.3 Å². The molecule has 2 aromatic carbocycles. The molecule has 4 rings (SSSR count). The second-order valence-corrected chi connectivity index (χ2v) is 6.93. The smallest absolute Gasteiger partial charge is 0.342 e. The zero-order valence-corrected chi connectivity index (χ0v) is 16.4. The minimum atomic E-state index is -1.10.